The van der Waals surface area contributed by atoms with E-state index in [1.165, 1.54) is 41.1 Å². The summed E-state index contributed by atoms with van der Waals surface area (Å²) < 4.78 is 14.2. The molecular weight excluding hydrogens is 513 g/mol. The number of rotatable bonds is 7. The highest BCUT2D eigenvalue weighted by molar-refractivity contribution is 7.22. The van der Waals surface area contributed by atoms with Crippen LogP contribution in [0.15, 0.2) is 69.4 Å². The van der Waals surface area contributed by atoms with Gasteiger partial charge in [-0.25, -0.2) is 0 Å². The van der Waals surface area contributed by atoms with Crippen LogP contribution in [0.4, 0.5) is 0 Å². The Morgan fingerprint density at radius 3 is 1.47 bits per heavy atom. The Morgan fingerprint density at radius 1 is 0.500 bits per heavy atom. The topological polar surface area (TPSA) is 27.7 Å². The second-order valence-electron chi connectivity index (χ2n) is 6.44. The van der Waals surface area contributed by atoms with E-state index in [0.717, 1.165) is 0 Å². The van der Waals surface area contributed by atoms with Gasteiger partial charge in [-0.3, -0.25) is 0 Å². The Kier molecular flexibility index (Phi) is 8.64. The molecule has 0 unspecified atom stereocenters. The molecule has 0 N–H and O–H groups in total. The lowest BCUT2D eigenvalue weighted by atomic mass is 10.1. The van der Waals surface area contributed by atoms with Crippen LogP contribution in [0.5, 0.6) is 0 Å². The lowest BCUT2D eigenvalue weighted by Gasteiger charge is -2.06. The van der Waals surface area contributed by atoms with Crippen LogP contribution in [0.3, 0.4) is 0 Å². The van der Waals surface area contributed by atoms with Crippen molar-refractivity contribution in [3.63, 3.8) is 0 Å². The monoisotopic (exact) mass is 534 g/mol. The summed E-state index contributed by atoms with van der Waals surface area (Å²) in [5.74, 6) is 0. The predicted octanol–water partition coefficient (Wildman–Crippen LogP) is 8.30. The van der Waals surface area contributed by atoms with Crippen molar-refractivity contribution in [2.24, 2.45) is 0 Å². The van der Waals surface area contributed by atoms with E-state index >= 15 is 0 Å². The Balaban J connectivity index is 0.000000307. The molecule has 5 aromatic rings. The molecule has 0 aliphatic heterocycles. The van der Waals surface area contributed by atoms with Crippen LogP contribution in [-0.2, 0) is 13.3 Å². The Hall–Kier alpha value is -1.40. The van der Waals surface area contributed by atoms with Crippen molar-refractivity contribution in [3.05, 3.63) is 69.4 Å². The number of hydrogen-bond acceptors (Lipinski definition) is 8. The van der Waals surface area contributed by atoms with Gasteiger partial charge in [0.05, 0.1) is 4.88 Å². The van der Waals surface area contributed by atoms with Gasteiger partial charge in [-0.1, -0.05) is 12.1 Å². The summed E-state index contributed by atoms with van der Waals surface area (Å²) >= 11 is 9.15. The van der Waals surface area contributed by atoms with Gasteiger partial charge in [0.15, 0.2) is 0 Å². The molecule has 0 spiro atoms. The van der Waals surface area contributed by atoms with E-state index in [1.54, 1.807) is 21.3 Å². The Morgan fingerprint density at radius 2 is 0.969 bits per heavy atom. The number of thiophene rings is 5. The molecule has 0 bridgehead atoms. The fourth-order valence-electron chi connectivity index (χ4n) is 3.22. The lowest BCUT2D eigenvalue weighted by Crippen LogP contribution is -2.21. The molecule has 3 nitrogen and oxygen atoms in total. The first kappa shape index (κ1) is 23.7. The minimum atomic E-state index is -1.67. The van der Waals surface area contributed by atoms with Gasteiger partial charge in [-0.05, 0) is 57.2 Å². The summed E-state index contributed by atoms with van der Waals surface area (Å²) in [6.45, 7) is 0. The maximum absolute atomic E-state index is 4.74. The third-order valence-electron chi connectivity index (χ3n) is 4.59. The number of hydrogen-bond donors (Lipinski definition) is 0. The summed E-state index contributed by atoms with van der Waals surface area (Å²) in [4.78, 5) is 6.84. The molecular formula is C23H22O3S5Si. The van der Waals surface area contributed by atoms with E-state index < -0.39 is 9.53 Å². The standard InChI is InChI=1S/C20H12S5.C3H10O3Si/c1-3-16(21-8-1)13-5-10-23-18(13)14-6-11-24-19(14)15-7-12-25-20(15)17-4-2-9-22-17;1-4-7(5-2)6-3/h1-12H;7H,1-3H3. The SMILES string of the molecule is CO[SiH](OC)OC.c1csc(-c2ccsc2-c2ccsc2-c2ccsc2-c2cccs2)c1. The molecule has 9 heteroatoms. The zero-order valence-corrected chi connectivity index (χ0v) is 23.0. The molecule has 0 saturated carbocycles. The summed E-state index contributed by atoms with van der Waals surface area (Å²) in [6, 6.07) is 15.5. The van der Waals surface area contributed by atoms with E-state index in [4.69, 9.17) is 13.3 Å². The van der Waals surface area contributed by atoms with Crippen molar-refractivity contribution in [2.45, 2.75) is 0 Å². The van der Waals surface area contributed by atoms with Gasteiger partial charge in [-0.2, -0.15) is 0 Å². The zero-order valence-electron chi connectivity index (χ0n) is 17.8. The molecule has 166 valence electrons. The maximum Gasteiger partial charge on any atom is 0.483 e. The predicted molar refractivity (Wildman–Crippen MR) is 146 cm³/mol. The second-order valence-corrected chi connectivity index (χ2v) is 13.1. The highest BCUT2D eigenvalue weighted by Crippen LogP contribution is 2.48. The molecule has 5 aromatic heterocycles. The van der Waals surface area contributed by atoms with Crippen LogP contribution in [0, 0.1) is 0 Å². The van der Waals surface area contributed by atoms with Gasteiger partial charge in [0, 0.05) is 57.5 Å². The largest absolute Gasteiger partial charge is 0.483 e. The summed E-state index contributed by atoms with van der Waals surface area (Å²) in [5, 5.41) is 10.9. The molecule has 0 aromatic carbocycles. The smallest absolute Gasteiger partial charge is 0.379 e. The molecule has 5 heterocycles. The van der Waals surface area contributed by atoms with Crippen molar-refractivity contribution in [2.75, 3.05) is 21.3 Å². The normalized spacial score (nSPS) is 11.0. The molecule has 0 saturated heterocycles. The van der Waals surface area contributed by atoms with E-state index in [0.29, 0.717) is 0 Å². The minimum absolute atomic E-state index is 1.34. The molecule has 0 radical (unpaired) electrons. The van der Waals surface area contributed by atoms with Gasteiger partial charge >= 0.3 is 9.53 Å². The van der Waals surface area contributed by atoms with Crippen molar-refractivity contribution in [1.29, 1.82) is 0 Å². The van der Waals surface area contributed by atoms with Crippen LogP contribution in [0.25, 0.3) is 41.1 Å². The van der Waals surface area contributed by atoms with Crippen LogP contribution < -0.4 is 0 Å². The average Bonchev–Trinajstić information content (AvgIpc) is 3.64. The quantitative estimate of drug-likeness (QED) is 0.197. The third-order valence-corrected chi connectivity index (χ3v) is 10.5. The molecule has 0 atom stereocenters. The molecule has 32 heavy (non-hydrogen) atoms. The van der Waals surface area contributed by atoms with Crippen molar-refractivity contribution in [1.82, 2.24) is 0 Å². The highest BCUT2D eigenvalue weighted by Gasteiger charge is 2.19. The zero-order chi connectivity index (χ0) is 22.3. The summed E-state index contributed by atoms with van der Waals surface area (Å²) in [6.07, 6.45) is 0. The van der Waals surface area contributed by atoms with E-state index in [2.05, 4.69) is 69.4 Å². The van der Waals surface area contributed by atoms with E-state index in [-0.39, 0.29) is 0 Å². The second kappa shape index (κ2) is 11.6. The van der Waals surface area contributed by atoms with E-state index in [1.807, 2.05) is 56.7 Å². The van der Waals surface area contributed by atoms with Crippen LogP contribution in [0.1, 0.15) is 0 Å². The van der Waals surface area contributed by atoms with Crippen LogP contribution >= 0.6 is 56.7 Å². The van der Waals surface area contributed by atoms with Crippen molar-refractivity contribution >= 4 is 66.2 Å². The fraction of sp³-hybridized carbons (Fsp3) is 0.130. The van der Waals surface area contributed by atoms with Crippen LogP contribution in [-0.4, -0.2) is 30.9 Å². The first-order valence-corrected chi connectivity index (χ1v) is 15.5. The summed E-state index contributed by atoms with van der Waals surface area (Å²) in [7, 11) is 3.05. The fourth-order valence-corrected chi connectivity index (χ4v) is 8.41. The molecule has 0 amide bonds. The Bertz CT molecular complexity index is 1110. The molecule has 5 rings (SSSR count). The lowest BCUT2D eigenvalue weighted by molar-refractivity contribution is 0.163. The van der Waals surface area contributed by atoms with Crippen molar-refractivity contribution < 1.29 is 13.3 Å². The minimum Gasteiger partial charge on any atom is -0.379 e. The highest BCUT2D eigenvalue weighted by atomic mass is 32.1. The van der Waals surface area contributed by atoms with Crippen LogP contribution in [0.2, 0.25) is 0 Å². The molecule has 0 fully saturated rings. The van der Waals surface area contributed by atoms with Gasteiger partial charge in [0.2, 0.25) is 0 Å². The summed E-state index contributed by atoms with van der Waals surface area (Å²) in [5.41, 5.74) is 4.08. The molecule has 0 aliphatic rings. The first-order valence-electron chi connectivity index (χ1n) is 9.66. The first-order chi connectivity index (χ1) is 15.8. The third kappa shape index (κ3) is 5.22. The average molecular weight is 535 g/mol. The van der Waals surface area contributed by atoms with E-state index in [9.17, 15) is 0 Å². The van der Waals surface area contributed by atoms with Gasteiger partial charge in [-0.15, -0.1) is 56.7 Å². The molecule has 0 aliphatic carbocycles. The van der Waals surface area contributed by atoms with Gasteiger partial charge < -0.3 is 13.3 Å². The Labute approximate surface area is 210 Å². The van der Waals surface area contributed by atoms with Crippen molar-refractivity contribution in [3.8, 4) is 41.1 Å². The van der Waals surface area contributed by atoms with Gasteiger partial charge in [0.1, 0.15) is 0 Å². The van der Waals surface area contributed by atoms with Gasteiger partial charge in [0.25, 0.3) is 0 Å². The maximum atomic E-state index is 4.74.